The van der Waals surface area contributed by atoms with Crippen molar-refractivity contribution in [3.8, 4) is 11.8 Å². The van der Waals surface area contributed by atoms with Crippen LogP contribution in [-0.2, 0) is 0 Å². The fraction of sp³-hybridized carbons (Fsp3) is 0.333. The van der Waals surface area contributed by atoms with Crippen LogP contribution in [0.4, 0.5) is 13.2 Å². The third kappa shape index (κ3) is 3.86. The van der Waals surface area contributed by atoms with Crippen molar-refractivity contribution in [2.24, 2.45) is 0 Å². The van der Waals surface area contributed by atoms with E-state index in [1.54, 1.807) is 6.08 Å². The minimum absolute atomic E-state index is 0.0170. The molecule has 1 heterocycles. The number of thioether (sulfide) groups is 1. The van der Waals surface area contributed by atoms with Gasteiger partial charge in [-0.2, -0.15) is 13.2 Å². The van der Waals surface area contributed by atoms with E-state index in [9.17, 15) is 18.3 Å². The summed E-state index contributed by atoms with van der Waals surface area (Å²) in [4.78, 5) is -0.0527. The van der Waals surface area contributed by atoms with Crippen molar-refractivity contribution in [2.45, 2.75) is 23.2 Å². The zero-order valence-corrected chi connectivity index (χ0v) is 13.9. The van der Waals surface area contributed by atoms with E-state index in [4.69, 9.17) is 4.42 Å². The van der Waals surface area contributed by atoms with E-state index in [1.165, 1.54) is 0 Å². The van der Waals surface area contributed by atoms with Crippen LogP contribution in [0.25, 0.3) is 11.8 Å². The number of aliphatic hydroxyl groups is 1. The number of fused-ring (bicyclic) bond motifs is 1. The maximum atomic E-state index is 12.6. The lowest BCUT2D eigenvalue weighted by molar-refractivity contribution is -0.0328. The molecule has 0 aromatic carbocycles. The molecule has 2 nitrogen and oxygen atoms in total. The molecule has 0 amide bonds. The predicted octanol–water partition coefficient (Wildman–Crippen LogP) is 3.51. The molecule has 2 rings (SSSR count). The van der Waals surface area contributed by atoms with Crippen LogP contribution in [0.15, 0.2) is 9.31 Å². The molecule has 20 heavy (non-hydrogen) atoms. The van der Waals surface area contributed by atoms with Crippen molar-refractivity contribution in [1.82, 2.24) is 0 Å². The molecule has 1 aromatic heterocycles. The molecular weight excluding hydrogens is 423 g/mol. The van der Waals surface area contributed by atoms with Gasteiger partial charge in [0.05, 0.1) is 4.90 Å². The minimum Gasteiger partial charge on any atom is -0.508 e. The van der Waals surface area contributed by atoms with Gasteiger partial charge in [0.2, 0.25) is 0 Å². The van der Waals surface area contributed by atoms with Gasteiger partial charge in [0.15, 0.2) is 11.2 Å². The van der Waals surface area contributed by atoms with Crippen molar-refractivity contribution in [3.63, 3.8) is 0 Å². The van der Waals surface area contributed by atoms with E-state index < -0.39 is 5.51 Å². The molecule has 0 spiro atoms. The third-order valence-corrected chi connectivity index (χ3v) is 4.76. The summed E-state index contributed by atoms with van der Waals surface area (Å²) < 4.78 is 43.3. The molecule has 1 atom stereocenters. The largest absolute Gasteiger partial charge is 0.508 e. The predicted molar refractivity (Wildman–Crippen MR) is 83.7 cm³/mol. The van der Waals surface area contributed by atoms with E-state index in [1.807, 2.05) is 0 Å². The first-order valence-corrected chi connectivity index (χ1v) is 10.7. The smallest absolute Gasteiger partial charge is 0.446 e. The highest BCUT2D eigenvalue weighted by atomic mass is 127. The zero-order valence-electron chi connectivity index (χ0n) is 9.97. The van der Waals surface area contributed by atoms with E-state index in [-0.39, 0.29) is 33.6 Å². The summed E-state index contributed by atoms with van der Waals surface area (Å²) in [6.07, 6.45) is 3.69. The molecule has 108 valence electrons. The van der Waals surface area contributed by atoms with Crippen LogP contribution in [0.3, 0.4) is 0 Å². The number of alkyl halides is 3. The first-order chi connectivity index (χ1) is 9.42. The molecule has 1 N–H and O–H groups in total. The zero-order chi connectivity index (χ0) is 14.8. The van der Waals surface area contributed by atoms with Crippen LogP contribution in [0.1, 0.15) is 18.6 Å². The van der Waals surface area contributed by atoms with Crippen LogP contribution in [0, 0.1) is 11.8 Å². The normalized spacial score (nSPS) is 14.9. The molecule has 0 saturated carbocycles. The Balaban J connectivity index is 2.58. The molecule has 0 aliphatic heterocycles. The molecule has 0 saturated heterocycles. The van der Waals surface area contributed by atoms with Gasteiger partial charge in [0, 0.05) is 17.8 Å². The Kier molecular flexibility index (Phi) is 5.32. The lowest BCUT2D eigenvalue weighted by Gasteiger charge is -2.04. The molecular formula is C12H9F3IO2PS. The van der Waals surface area contributed by atoms with Crippen LogP contribution in [0.2, 0.25) is 0 Å². The Labute approximate surface area is 132 Å². The molecule has 1 unspecified atom stereocenters. The average Bonchev–Trinajstić information content (AvgIpc) is 2.68. The first-order valence-electron chi connectivity index (χ1n) is 5.55. The lowest BCUT2D eigenvalue weighted by atomic mass is 10.1. The second-order valence-electron chi connectivity index (χ2n) is 3.85. The summed E-state index contributed by atoms with van der Waals surface area (Å²) >= 11 is 1.92. The van der Waals surface area contributed by atoms with Gasteiger partial charge in [-0.05, 0) is 30.3 Å². The molecule has 0 radical (unpaired) electrons. The molecule has 1 aromatic rings. The number of hydrogen-bond acceptors (Lipinski definition) is 3. The number of aliphatic hydroxyl groups excluding tert-OH is 1. The summed E-state index contributed by atoms with van der Waals surface area (Å²) in [6, 6.07) is 0. The topological polar surface area (TPSA) is 33.4 Å². The fourth-order valence-corrected chi connectivity index (χ4v) is 3.18. The Morgan fingerprint density at radius 2 is 2.25 bits per heavy atom. The molecule has 1 aliphatic rings. The highest BCUT2D eigenvalue weighted by Crippen LogP contribution is 2.36. The van der Waals surface area contributed by atoms with Crippen molar-refractivity contribution in [2.75, 3.05) is 6.16 Å². The van der Waals surface area contributed by atoms with Gasteiger partial charge in [0.1, 0.15) is 5.76 Å². The second kappa shape index (κ2) is 6.63. The van der Waals surface area contributed by atoms with Crippen LogP contribution in [-0.4, -0.2) is 16.8 Å². The van der Waals surface area contributed by atoms with Crippen molar-refractivity contribution in [1.29, 1.82) is 0 Å². The highest BCUT2D eigenvalue weighted by molar-refractivity contribution is 14.2. The average molecular weight is 432 g/mol. The van der Waals surface area contributed by atoms with Crippen LogP contribution in [0.5, 0.6) is 0 Å². The van der Waals surface area contributed by atoms with Gasteiger partial charge >= 0.3 is 5.51 Å². The quantitative estimate of drug-likeness (QED) is 0.336. The van der Waals surface area contributed by atoms with Crippen molar-refractivity contribution in [3.05, 3.63) is 16.4 Å². The molecule has 0 fully saturated rings. The van der Waals surface area contributed by atoms with E-state index >= 15 is 0 Å². The minimum atomic E-state index is -4.42. The Bertz CT molecular complexity index is 685. The van der Waals surface area contributed by atoms with Crippen molar-refractivity contribution >= 4 is 51.9 Å². The van der Waals surface area contributed by atoms with E-state index in [2.05, 4.69) is 33.9 Å². The highest BCUT2D eigenvalue weighted by Gasteiger charge is 2.33. The summed E-state index contributed by atoms with van der Waals surface area (Å²) in [5.74, 6) is 5.38. The maximum absolute atomic E-state index is 12.6. The van der Waals surface area contributed by atoms with Crippen molar-refractivity contribution < 1.29 is 22.7 Å². The van der Waals surface area contributed by atoms with Gasteiger partial charge in [-0.1, -0.05) is 34.0 Å². The monoisotopic (exact) mass is 432 g/mol. The SMILES string of the molecule is OC1=c2oc(C#CCPI)c(SC(F)(F)F)c2=CCC1. The van der Waals surface area contributed by atoms with Crippen LogP contribution < -0.4 is 10.6 Å². The third-order valence-electron chi connectivity index (χ3n) is 2.47. The number of rotatable bonds is 2. The number of hydrogen-bond donors (Lipinski definition) is 1. The van der Waals surface area contributed by atoms with E-state index in [0.29, 0.717) is 30.4 Å². The van der Waals surface area contributed by atoms with Gasteiger partial charge in [-0.25, -0.2) is 0 Å². The Hall–Kier alpha value is -0.320. The lowest BCUT2D eigenvalue weighted by Crippen LogP contribution is -2.27. The fourth-order valence-electron chi connectivity index (χ4n) is 1.75. The first kappa shape index (κ1) is 16.1. The number of halogens is 4. The summed E-state index contributed by atoms with van der Waals surface area (Å²) in [7, 11) is 0. The molecule has 1 aliphatic carbocycles. The standard InChI is InChI=1S/C12H9F3IO2PS/c13-12(14,15)20-11-7-3-1-4-8(17)10(7)18-9(11)5-2-6-19-16/h3,17,19H,1,4,6H2. The summed E-state index contributed by atoms with van der Waals surface area (Å²) in [5.41, 5.74) is -4.30. The number of furan rings is 1. The van der Waals surface area contributed by atoms with Gasteiger partial charge in [-0.15, -0.1) is 0 Å². The van der Waals surface area contributed by atoms with Gasteiger partial charge < -0.3 is 9.52 Å². The molecule has 0 bridgehead atoms. The van der Waals surface area contributed by atoms with Gasteiger partial charge in [0.25, 0.3) is 0 Å². The Morgan fingerprint density at radius 1 is 1.50 bits per heavy atom. The van der Waals surface area contributed by atoms with Gasteiger partial charge in [-0.3, -0.25) is 0 Å². The summed E-state index contributed by atoms with van der Waals surface area (Å²) in [6.45, 7) is 0. The second-order valence-corrected chi connectivity index (χ2v) is 7.84. The summed E-state index contributed by atoms with van der Waals surface area (Å²) in [5, 5.41) is 10.0. The Morgan fingerprint density at radius 3 is 2.90 bits per heavy atom. The van der Waals surface area contributed by atoms with Crippen LogP contribution >= 0.6 is 40.0 Å². The van der Waals surface area contributed by atoms with E-state index in [0.717, 1.165) is 0 Å². The maximum Gasteiger partial charge on any atom is 0.446 e. The molecule has 8 heteroatoms.